The summed E-state index contributed by atoms with van der Waals surface area (Å²) in [5.74, 6) is 1.68. The first kappa shape index (κ1) is 13.4. The molecule has 0 aromatic carbocycles. The Bertz CT molecular complexity index is 501. The Morgan fingerprint density at radius 3 is 2.95 bits per heavy atom. The molecule has 5 heteroatoms. The van der Waals surface area contributed by atoms with Crippen molar-refractivity contribution in [1.82, 2.24) is 14.5 Å². The van der Waals surface area contributed by atoms with Crippen molar-refractivity contribution in [3.8, 4) is 0 Å². The van der Waals surface area contributed by atoms with Crippen LogP contribution in [0.3, 0.4) is 0 Å². The number of fused-ring (bicyclic) bond motifs is 1. The molecule has 20 heavy (non-hydrogen) atoms. The van der Waals surface area contributed by atoms with Gasteiger partial charge in [0.05, 0.1) is 13.2 Å². The Labute approximate surface area is 119 Å². The summed E-state index contributed by atoms with van der Waals surface area (Å²) in [5, 5.41) is 0. The number of carbonyl (C=O) groups excluding carboxylic acids is 1. The van der Waals surface area contributed by atoms with E-state index in [0.29, 0.717) is 19.1 Å². The van der Waals surface area contributed by atoms with Gasteiger partial charge in [-0.2, -0.15) is 0 Å². The number of hydrogen-bond donors (Lipinski definition) is 0. The quantitative estimate of drug-likeness (QED) is 0.785. The molecule has 3 rings (SSSR count). The van der Waals surface area contributed by atoms with E-state index in [2.05, 4.69) is 21.7 Å². The number of carbonyl (C=O) groups is 1. The third-order valence-corrected chi connectivity index (χ3v) is 4.14. The van der Waals surface area contributed by atoms with E-state index in [1.54, 1.807) is 7.11 Å². The fourth-order valence-corrected chi connectivity index (χ4v) is 3.13. The molecule has 0 unspecified atom stereocenters. The molecule has 1 amide bonds. The molecule has 0 spiro atoms. The zero-order chi connectivity index (χ0) is 13.9. The van der Waals surface area contributed by atoms with Crippen LogP contribution in [-0.2, 0) is 22.6 Å². The second-order valence-corrected chi connectivity index (χ2v) is 5.68. The van der Waals surface area contributed by atoms with Crippen molar-refractivity contribution in [2.45, 2.75) is 25.9 Å². The zero-order valence-corrected chi connectivity index (χ0v) is 11.9. The van der Waals surface area contributed by atoms with Gasteiger partial charge in [-0.05, 0) is 12.8 Å². The van der Waals surface area contributed by atoms with Crippen LogP contribution in [0.1, 0.15) is 18.7 Å². The van der Waals surface area contributed by atoms with Crippen LogP contribution in [-0.4, -0.2) is 40.6 Å². The van der Waals surface area contributed by atoms with Gasteiger partial charge in [0, 0.05) is 44.4 Å². The third kappa shape index (κ3) is 2.63. The molecule has 0 radical (unpaired) electrons. The number of rotatable bonds is 3. The number of amides is 1. The van der Waals surface area contributed by atoms with Gasteiger partial charge in [-0.25, -0.2) is 4.98 Å². The molecule has 1 aliphatic carbocycles. The maximum Gasteiger partial charge on any atom is 0.226 e. The van der Waals surface area contributed by atoms with E-state index in [9.17, 15) is 4.79 Å². The highest BCUT2D eigenvalue weighted by Gasteiger charge is 2.30. The minimum Gasteiger partial charge on any atom is -0.384 e. The van der Waals surface area contributed by atoms with Gasteiger partial charge in [0.25, 0.3) is 0 Å². The lowest BCUT2D eigenvalue weighted by molar-refractivity contribution is -0.136. The lowest BCUT2D eigenvalue weighted by atomic mass is 10.0. The van der Waals surface area contributed by atoms with Crippen LogP contribution in [0, 0.1) is 11.8 Å². The first-order chi connectivity index (χ1) is 9.78. The Morgan fingerprint density at radius 2 is 2.20 bits per heavy atom. The van der Waals surface area contributed by atoms with Crippen LogP contribution in [0.4, 0.5) is 0 Å². The summed E-state index contributed by atoms with van der Waals surface area (Å²) >= 11 is 0. The number of imidazole rings is 1. The maximum absolute atomic E-state index is 12.6. The van der Waals surface area contributed by atoms with E-state index in [1.165, 1.54) is 0 Å². The minimum absolute atomic E-state index is 0.125. The smallest absolute Gasteiger partial charge is 0.226 e. The van der Waals surface area contributed by atoms with Crippen molar-refractivity contribution in [2.24, 2.45) is 11.8 Å². The van der Waals surface area contributed by atoms with Crippen LogP contribution in [0.15, 0.2) is 24.5 Å². The standard InChI is InChI=1S/C15H21N3O2/c1-20-11-12-8-17-7-6-16-14(17)10-18(9-12)15(19)13-4-2-3-5-13/h2-3,6-7,12-13H,4-5,8-11H2,1H3/t12-/m0/s1. The summed E-state index contributed by atoms with van der Waals surface area (Å²) in [5.41, 5.74) is 0. The number of allylic oxidation sites excluding steroid dienone is 2. The summed E-state index contributed by atoms with van der Waals surface area (Å²) in [6.45, 7) is 2.91. The molecule has 0 fully saturated rings. The summed E-state index contributed by atoms with van der Waals surface area (Å²) < 4.78 is 7.44. The molecule has 1 aromatic rings. The van der Waals surface area contributed by atoms with Gasteiger partial charge in [-0.1, -0.05) is 12.2 Å². The molecule has 0 N–H and O–H groups in total. The van der Waals surface area contributed by atoms with Crippen molar-refractivity contribution < 1.29 is 9.53 Å². The molecule has 0 saturated carbocycles. The van der Waals surface area contributed by atoms with E-state index < -0.39 is 0 Å². The Hall–Kier alpha value is -1.62. The van der Waals surface area contributed by atoms with E-state index in [1.807, 2.05) is 17.3 Å². The van der Waals surface area contributed by atoms with Gasteiger partial charge in [0.1, 0.15) is 5.82 Å². The molecular formula is C15H21N3O2. The Kier molecular flexibility index (Phi) is 3.87. The highest BCUT2D eigenvalue weighted by atomic mass is 16.5. The first-order valence-electron chi connectivity index (χ1n) is 7.20. The van der Waals surface area contributed by atoms with E-state index in [4.69, 9.17) is 4.74 Å². The Balaban J connectivity index is 1.77. The SMILES string of the molecule is COC[C@@H]1CN(C(=O)C2CC=CC2)Cc2nccn2C1. The van der Waals surface area contributed by atoms with Crippen molar-refractivity contribution in [1.29, 1.82) is 0 Å². The molecule has 0 bridgehead atoms. The van der Waals surface area contributed by atoms with Crippen molar-refractivity contribution >= 4 is 5.91 Å². The lowest BCUT2D eigenvalue weighted by Crippen LogP contribution is -2.38. The van der Waals surface area contributed by atoms with Crippen LogP contribution in [0.2, 0.25) is 0 Å². The number of aromatic nitrogens is 2. The van der Waals surface area contributed by atoms with E-state index in [0.717, 1.165) is 31.8 Å². The molecule has 5 nitrogen and oxygen atoms in total. The van der Waals surface area contributed by atoms with Crippen molar-refractivity contribution in [3.05, 3.63) is 30.4 Å². The van der Waals surface area contributed by atoms with Crippen molar-refractivity contribution in [3.63, 3.8) is 0 Å². The van der Waals surface area contributed by atoms with E-state index in [-0.39, 0.29) is 11.8 Å². The number of ether oxygens (including phenoxy) is 1. The lowest BCUT2D eigenvalue weighted by Gasteiger charge is -2.26. The highest BCUT2D eigenvalue weighted by Crippen LogP contribution is 2.24. The minimum atomic E-state index is 0.125. The van der Waals surface area contributed by atoms with Gasteiger partial charge in [0.15, 0.2) is 0 Å². The average Bonchev–Trinajstić information content (AvgIpc) is 3.07. The second-order valence-electron chi connectivity index (χ2n) is 5.68. The van der Waals surface area contributed by atoms with Gasteiger partial charge >= 0.3 is 0 Å². The van der Waals surface area contributed by atoms with Crippen LogP contribution >= 0.6 is 0 Å². The maximum atomic E-state index is 12.6. The number of nitrogens with zero attached hydrogens (tertiary/aromatic N) is 3. The van der Waals surface area contributed by atoms with E-state index >= 15 is 0 Å². The zero-order valence-electron chi connectivity index (χ0n) is 11.9. The van der Waals surface area contributed by atoms with Crippen LogP contribution < -0.4 is 0 Å². The van der Waals surface area contributed by atoms with Gasteiger partial charge in [0.2, 0.25) is 5.91 Å². The normalized spacial score (nSPS) is 22.9. The molecule has 1 aliphatic heterocycles. The second kappa shape index (κ2) is 5.79. The molecule has 0 saturated heterocycles. The summed E-state index contributed by atoms with van der Waals surface area (Å²) in [6.07, 6.45) is 9.76. The Morgan fingerprint density at radius 1 is 1.40 bits per heavy atom. The fourth-order valence-electron chi connectivity index (χ4n) is 3.13. The van der Waals surface area contributed by atoms with Gasteiger partial charge in [-0.15, -0.1) is 0 Å². The molecule has 1 atom stereocenters. The first-order valence-corrected chi connectivity index (χ1v) is 7.20. The summed E-state index contributed by atoms with van der Waals surface area (Å²) in [6, 6.07) is 0. The van der Waals surface area contributed by atoms with Crippen LogP contribution in [0.5, 0.6) is 0 Å². The molecule has 2 heterocycles. The largest absolute Gasteiger partial charge is 0.384 e. The molecular weight excluding hydrogens is 254 g/mol. The van der Waals surface area contributed by atoms with Gasteiger partial charge in [-0.3, -0.25) is 4.79 Å². The molecule has 2 aliphatic rings. The monoisotopic (exact) mass is 275 g/mol. The molecule has 108 valence electrons. The van der Waals surface area contributed by atoms with Crippen LogP contribution in [0.25, 0.3) is 0 Å². The van der Waals surface area contributed by atoms with Gasteiger partial charge < -0.3 is 14.2 Å². The predicted octanol–water partition coefficient (Wildman–Crippen LogP) is 1.45. The average molecular weight is 275 g/mol. The topological polar surface area (TPSA) is 47.4 Å². The number of methoxy groups -OCH3 is 1. The molecule has 1 aromatic heterocycles. The summed E-state index contributed by atoms with van der Waals surface area (Å²) in [7, 11) is 1.72. The number of hydrogen-bond acceptors (Lipinski definition) is 3. The highest BCUT2D eigenvalue weighted by molar-refractivity contribution is 5.79. The van der Waals surface area contributed by atoms with Crippen molar-refractivity contribution in [2.75, 3.05) is 20.3 Å². The third-order valence-electron chi connectivity index (χ3n) is 4.14. The predicted molar refractivity (Wildman–Crippen MR) is 74.9 cm³/mol. The summed E-state index contributed by atoms with van der Waals surface area (Å²) in [4.78, 5) is 19.0. The fraction of sp³-hybridized carbons (Fsp3) is 0.600.